The number of rotatable bonds is 1. The Balaban J connectivity index is 2.69. The predicted octanol–water partition coefficient (Wildman–Crippen LogP) is 0.701. The van der Waals surface area contributed by atoms with E-state index >= 15 is 0 Å². The molecule has 0 unspecified atom stereocenters. The Morgan fingerprint density at radius 2 is 2.33 bits per heavy atom. The summed E-state index contributed by atoms with van der Waals surface area (Å²) < 4.78 is 0. The van der Waals surface area contributed by atoms with E-state index in [9.17, 15) is 0 Å². The van der Waals surface area contributed by atoms with Crippen molar-refractivity contribution in [2.24, 2.45) is 0 Å². The third-order valence-corrected chi connectivity index (χ3v) is 1.55. The molecule has 1 aromatic heterocycles. The molecule has 0 aliphatic rings. The molecule has 0 aliphatic heterocycles. The molecule has 0 aliphatic carbocycles. The minimum absolute atomic E-state index is 0.514. The van der Waals surface area contributed by atoms with Gasteiger partial charge in [0, 0.05) is 18.9 Å². The van der Waals surface area contributed by atoms with Crippen LogP contribution >= 0.6 is 12.2 Å². The number of aromatic nitrogens is 2. The molecule has 0 spiro atoms. The van der Waals surface area contributed by atoms with Crippen molar-refractivity contribution in [3.63, 3.8) is 0 Å². The van der Waals surface area contributed by atoms with Gasteiger partial charge in [-0.1, -0.05) is 0 Å². The summed E-state index contributed by atoms with van der Waals surface area (Å²) in [5, 5.41) is 6.12. The lowest BCUT2D eigenvalue weighted by atomic mass is 10.5. The molecule has 0 saturated carbocycles. The van der Waals surface area contributed by atoms with Gasteiger partial charge in [-0.15, -0.1) is 0 Å². The van der Waals surface area contributed by atoms with Crippen LogP contribution in [0.4, 0.5) is 5.95 Å². The molecule has 5 heteroatoms. The Bertz CT molecular complexity index is 286. The zero-order valence-electron chi connectivity index (χ0n) is 6.96. The summed E-state index contributed by atoms with van der Waals surface area (Å²) in [5.41, 5.74) is 0.909. The van der Waals surface area contributed by atoms with Crippen LogP contribution in [0.3, 0.4) is 0 Å². The van der Waals surface area contributed by atoms with Crippen molar-refractivity contribution in [3.05, 3.63) is 18.0 Å². The molecule has 12 heavy (non-hydrogen) atoms. The molecular weight excluding hydrogens is 172 g/mol. The van der Waals surface area contributed by atoms with Crippen molar-refractivity contribution >= 4 is 23.3 Å². The van der Waals surface area contributed by atoms with Crippen molar-refractivity contribution in [2.45, 2.75) is 6.92 Å². The topological polar surface area (TPSA) is 49.8 Å². The second kappa shape index (κ2) is 3.96. The van der Waals surface area contributed by atoms with Crippen LogP contribution in [0.1, 0.15) is 5.69 Å². The fraction of sp³-hybridized carbons (Fsp3) is 0.286. The Kier molecular flexibility index (Phi) is 2.93. The molecule has 0 radical (unpaired) electrons. The first-order valence-corrected chi connectivity index (χ1v) is 3.91. The van der Waals surface area contributed by atoms with Gasteiger partial charge in [-0.2, -0.15) is 0 Å². The van der Waals surface area contributed by atoms with E-state index in [-0.39, 0.29) is 0 Å². The lowest BCUT2D eigenvalue weighted by molar-refractivity contribution is 1.10. The Labute approximate surface area is 76.4 Å². The van der Waals surface area contributed by atoms with E-state index in [0.29, 0.717) is 11.1 Å². The highest BCUT2D eigenvalue weighted by Crippen LogP contribution is 1.97. The number of nitrogens with zero attached hydrogens (tertiary/aromatic N) is 2. The molecule has 0 fully saturated rings. The average molecular weight is 182 g/mol. The van der Waals surface area contributed by atoms with E-state index in [1.807, 2.05) is 13.0 Å². The second-order valence-corrected chi connectivity index (χ2v) is 2.63. The fourth-order valence-corrected chi connectivity index (χ4v) is 0.764. The molecule has 2 N–H and O–H groups in total. The largest absolute Gasteiger partial charge is 0.365 e. The minimum Gasteiger partial charge on any atom is -0.365 e. The number of hydrogen-bond acceptors (Lipinski definition) is 3. The van der Waals surface area contributed by atoms with Gasteiger partial charge in [-0.25, -0.2) is 9.97 Å². The standard InChI is InChI=1S/C7H10N4S/c1-5-3-4-9-6(10-5)11-7(12)8-2/h3-4H,1-2H3,(H2,8,9,10,11,12). The third-order valence-electron chi connectivity index (χ3n) is 1.25. The van der Waals surface area contributed by atoms with Crippen molar-refractivity contribution in [2.75, 3.05) is 12.4 Å². The Morgan fingerprint density at radius 1 is 1.58 bits per heavy atom. The van der Waals surface area contributed by atoms with Crippen LogP contribution in [0.15, 0.2) is 12.3 Å². The third kappa shape index (κ3) is 2.43. The van der Waals surface area contributed by atoms with Crippen LogP contribution in [0, 0.1) is 6.92 Å². The van der Waals surface area contributed by atoms with E-state index in [1.54, 1.807) is 13.2 Å². The highest BCUT2D eigenvalue weighted by molar-refractivity contribution is 7.80. The van der Waals surface area contributed by atoms with Crippen molar-refractivity contribution in [3.8, 4) is 0 Å². The first-order valence-electron chi connectivity index (χ1n) is 3.51. The number of nitrogens with one attached hydrogen (secondary N) is 2. The monoisotopic (exact) mass is 182 g/mol. The van der Waals surface area contributed by atoms with Crippen molar-refractivity contribution < 1.29 is 0 Å². The summed E-state index contributed by atoms with van der Waals surface area (Å²) in [4.78, 5) is 8.09. The van der Waals surface area contributed by atoms with Crippen LogP contribution in [0.5, 0.6) is 0 Å². The van der Waals surface area contributed by atoms with Crippen LogP contribution < -0.4 is 10.6 Å². The predicted molar refractivity (Wildman–Crippen MR) is 52.0 cm³/mol. The smallest absolute Gasteiger partial charge is 0.229 e. The summed E-state index contributed by atoms with van der Waals surface area (Å²) >= 11 is 4.88. The molecule has 0 atom stereocenters. The van der Waals surface area contributed by atoms with E-state index in [1.165, 1.54) is 0 Å². The van der Waals surface area contributed by atoms with Crippen LogP contribution in [-0.4, -0.2) is 22.1 Å². The normalized spacial score (nSPS) is 9.17. The molecule has 64 valence electrons. The Hall–Kier alpha value is -1.23. The Morgan fingerprint density at radius 3 is 2.92 bits per heavy atom. The van der Waals surface area contributed by atoms with Crippen LogP contribution in [-0.2, 0) is 0 Å². The molecular formula is C7H10N4S. The first-order chi connectivity index (χ1) is 5.72. The van der Waals surface area contributed by atoms with E-state index in [4.69, 9.17) is 12.2 Å². The van der Waals surface area contributed by atoms with Gasteiger partial charge in [0.05, 0.1) is 0 Å². The van der Waals surface area contributed by atoms with E-state index < -0.39 is 0 Å². The second-order valence-electron chi connectivity index (χ2n) is 2.23. The van der Waals surface area contributed by atoms with Crippen LogP contribution in [0.2, 0.25) is 0 Å². The summed E-state index contributed by atoms with van der Waals surface area (Å²) in [6.45, 7) is 1.90. The van der Waals surface area contributed by atoms with E-state index in [0.717, 1.165) is 5.69 Å². The molecule has 0 bridgehead atoms. The number of aryl methyl sites for hydroxylation is 1. The van der Waals surface area contributed by atoms with Gasteiger partial charge in [-0.05, 0) is 25.2 Å². The zero-order valence-corrected chi connectivity index (χ0v) is 7.77. The summed E-state index contributed by atoms with van der Waals surface area (Å²) in [6, 6.07) is 1.83. The lowest BCUT2D eigenvalue weighted by Gasteiger charge is -2.04. The molecule has 4 nitrogen and oxygen atoms in total. The maximum absolute atomic E-state index is 4.88. The van der Waals surface area contributed by atoms with Gasteiger partial charge in [0.15, 0.2) is 5.11 Å². The minimum atomic E-state index is 0.514. The lowest BCUT2D eigenvalue weighted by Crippen LogP contribution is -2.25. The van der Waals surface area contributed by atoms with Gasteiger partial charge in [0.1, 0.15) is 0 Å². The van der Waals surface area contributed by atoms with Crippen molar-refractivity contribution in [1.82, 2.24) is 15.3 Å². The number of anilines is 1. The van der Waals surface area contributed by atoms with Gasteiger partial charge in [0.25, 0.3) is 0 Å². The number of hydrogen-bond donors (Lipinski definition) is 2. The van der Waals surface area contributed by atoms with Crippen molar-refractivity contribution in [1.29, 1.82) is 0 Å². The first kappa shape index (κ1) is 8.86. The SMILES string of the molecule is CNC(=S)Nc1nccc(C)n1. The van der Waals surface area contributed by atoms with Crippen LogP contribution in [0.25, 0.3) is 0 Å². The maximum Gasteiger partial charge on any atom is 0.229 e. The van der Waals surface area contributed by atoms with Gasteiger partial charge >= 0.3 is 0 Å². The summed E-state index contributed by atoms with van der Waals surface area (Å²) in [6.07, 6.45) is 1.68. The highest BCUT2D eigenvalue weighted by atomic mass is 32.1. The molecule has 1 heterocycles. The fourth-order valence-electron chi connectivity index (χ4n) is 0.673. The summed E-state index contributed by atoms with van der Waals surface area (Å²) in [7, 11) is 1.74. The average Bonchev–Trinajstić information content (AvgIpc) is 2.04. The molecule has 1 aromatic rings. The molecule has 0 saturated heterocycles. The van der Waals surface area contributed by atoms with Gasteiger partial charge < -0.3 is 10.6 Å². The molecule has 0 amide bonds. The number of thiocarbonyl (C=S) groups is 1. The zero-order chi connectivity index (χ0) is 8.97. The summed E-state index contributed by atoms with van der Waals surface area (Å²) in [5.74, 6) is 0.523. The van der Waals surface area contributed by atoms with Gasteiger partial charge in [-0.3, -0.25) is 0 Å². The maximum atomic E-state index is 4.88. The van der Waals surface area contributed by atoms with E-state index in [2.05, 4.69) is 20.6 Å². The quantitative estimate of drug-likeness (QED) is 0.626. The van der Waals surface area contributed by atoms with Gasteiger partial charge in [0.2, 0.25) is 5.95 Å². The molecule has 1 rings (SSSR count). The molecule has 0 aromatic carbocycles. The highest BCUT2D eigenvalue weighted by Gasteiger charge is 1.96.